The Kier molecular flexibility index (Phi) is 3.40. The molecule has 2 heterocycles. The highest BCUT2D eigenvalue weighted by Crippen LogP contribution is 2.20. The molecule has 0 saturated carbocycles. The molecule has 0 atom stereocenters. The number of benzene rings is 1. The number of rotatable bonds is 3. The maximum absolute atomic E-state index is 5.28. The van der Waals surface area contributed by atoms with Crippen molar-refractivity contribution in [3.63, 3.8) is 0 Å². The molecule has 0 unspecified atom stereocenters. The second kappa shape index (κ2) is 5.35. The molecule has 4 nitrogen and oxygen atoms in total. The summed E-state index contributed by atoms with van der Waals surface area (Å²) in [7, 11) is 0. The van der Waals surface area contributed by atoms with Crippen LogP contribution in [0, 0.1) is 19.3 Å². The topological polar surface area (TPSA) is 43.1 Å². The molecule has 0 aliphatic rings. The van der Waals surface area contributed by atoms with E-state index in [0.717, 1.165) is 16.9 Å². The second-order valence-electron chi connectivity index (χ2n) is 4.33. The summed E-state index contributed by atoms with van der Waals surface area (Å²) in [6.07, 6.45) is 5.28. The predicted molar refractivity (Wildman–Crippen MR) is 80.5 cm³/mol. The summed E-state index contributed by atoms with van der Waals surface area (Å²) in [6.45, 7) is 2.06. The van der Waals surface area contributed by atoms with Gasteiger partial charge in [-0.05, 0) is 19.1 Å². The molecule has 0 bridgehead atoms. The summed E-state index contributed by atoms with van der Waals surface area (Å²) in [5.74, 6) is 3.13. The van der Waals surface area contributed by atoms with E-state index in [1.54, 1.807) is 4.52 Å². The highest BCUT2D eigenvalue weighted by molar-refractivity contribution is 7.99. The largest absolute Gasteiger partial charge is 0.213 e. The van der Waals surface area contributed by atoms with Crippen molar-refractivity contribution in [2.45, 2.75) is 12.1 Å². The van der Waals surface area contributed by atoms with Crippen molar-refractivity contribution < 1.29 is 0 Å². The molecule has 0 saturated heterocycles. The molecule has 5 heteroatoms. The molecule has 0 spiro atoms. The van der Waals surface area contributed by atoms with Crippen LogP contribution < -0.4 is 0 Å². The van der Waals surface area contributed by atoms with Crippen LogP contribution in [0.15, 0.2) is 41.6 Å². The van der Waals surface area contributed by atoms with Crippen LogP contribution in [0.3, 0.4) is 0 Å². The number of terminal acetylenes is 1. The Balaban J connectivity index is 2.05. The highest BCUT2D eigenvalue weighted by Gasteiger charge is 2.08. The quantitative estimate of drug-likeness (QED) is 0.546. The van der Waals surface area contributed by atoms with Gasteiger partial charge < -0.3 is 0 Å². The van der Waals surface area contributed by atoms with E-state index in [-0.39, 0.29) is 0 Å². The molecule has 0 amide bonds. The van der Waals surface area contributed by atoms with Gasteiger partial charge in [0.2, 0.25) is 5.16 Å². The van der Waals surface area contributed by atoms with E-state index in [2.05, 4.69) is 52.4 Å². The van der Waals surface area contributed by atoms with Crippen molar-refractivity contribution in [3.8, 4) is 23.6 Å². The Morgan fingerprint density at radius 2 is 1.95 bits per heavy atom. The molecule has 0 N–H and O–H groups in total. The maximum Gasteiger partial charge on any atom is 0.213 e. The smallest absolute Gasteiger partial charge is 0.187 e. The van der Waals surface area contributed by atoms with Gasteiger partial charge in [0.1, 0.15) is 0 Å². The van der Waals surface area contributed by atoms with Crippen LogP contribution in [-0.4, -0.2) is 25.6 Å². The normalized spacial score (nSPS) is 10.6. The van der Waals surface area contributed by atoms with Crippen molar-refractivity contribution >= 4 is 17.4 Å². The molecule has 2 aromatic heterocycles. The molecule has 3 rings (SSSR count). The SMILES string of the molecule is C#CCSc1nnc2ccc(-c3ccc(C)cc3)nn12. The monoisotopic (exact) mass is 280 g/mol. The van der Waals surface area contributed by atoms with Crippen LogP contribution in [0.25, 0.3) is 16.9 Å². The Morgan fingerprint density at radius 1 is 1.15 bits per heavy atom. The summed E-state index contributed by atoms with van der Waals surface area (Å²) in [6, 6.07) is 12.1. The van der Waals surface area contributed by atoms with Crippen molar-refractivity contribution in [2.75, 3.05) is 5.75 Å². The number of aromatic nitrogens is 4. The molecular formula is C15H12N4S. The van der Waals surface area contributed by atoms with E-state index in [1.807, 2.05) is 12.1 Å². The van der Waals surface area contributed by atoms with Gasteiger partial charge in [-0.1, -0.05) is 47.5 Å². The molecular weight excluding hydrogens is 268 g/mol. The molecule has 0 aliphatic heterocycles. The molecule has 0 fully saturated rings. The van der Waals surface area contributed by atoms with Gasteiger partial charge in [0.05, 0.1) is 11.4 Å². The van der Waals surface area contributed by atoms with Crippen molar-refractivity contribution in [2.24, 2.45) is 0 Å². The van der Waals surface area contributed by atoms with Crippen LogP contribution in [0.4, 0.5) is 0 Å². The minimum Gasteiger partial charge on any atom is -0.187 e. The number of hydrogen-bond acceptors (Lipinski definition) is 4. The average Bonchev–Trinajstić information content (AvgIpc) is 2.88. The van der Waals surface area contributed by atoms with E-state index in [0.29, 0.717) is 10.9 Å². The van der Waals surface area contributed by atoms with Gasteiger partial charge >= 0.3 is 0 Å². The Bertz CT molecular complexity index is 784. The second-order valence-corrected chi connectivity index (χ2v) is 5.27. The Hall–Kier alpha value is -2.32. The Labute approximate surface area is 121 Å². The van der Waals surface area contributed by atoms with Crippen molar-refractivity contribution in [3.05, 3.63) is 42.0 Å². The zero-order chi connectivity index (χ0) is 13.9. The van der Waals surface area contributed by atoms with Crippen molar-refractivity contribution in [1.82, 2.24) is 19.8 Å². The summed E-state index contributed by atoms with van der Waals surface area (Å²) >= 11 is 1.45. The minimum absolute atomic E-state index is 0.553. The van der Waals surface area contributed by atoms with E-state index >= 15 is 0 Å². The van der Waals surface area contributed by atoms with E-state index in [4.69, 9.17) is 6.42 Å². The lowest BCUT2D eigenvalue weighted by Crippen LogP contribution is -1.96. The molecule has 0 aliphatic carbocycles. The first-order valence-electron chi connectivity index (χ1n) is 6.14. The third kappa shape index (κ3) is 2.38. The number of aryl methyl sites for hydroxylation is 1. The minimum atomic E-state index is 0.553. The van der Waals surface area contributed by atoms with E-state index < -0.39 is 0 Å². The fraction of sp³-hybridized carbons (Fsp3) is 0.133. The lowest BCUT2D eigenvalue weighted by atomic mass is 10.1. The molecule has 98 valence electrons. The average molecular weight is 280 g/mol. The summed E-state index contributed by atoms with van der Waals surface area (Å²) in [5.41, 5.74) is 3.91. The number of hydrogen-bond donors (Lipinski definition) is 0. The first-order valence-corrected chi connectivity index (χ1v) is 7.12. The first kappa shape index (κ1) is 12.7. The third-order valence-electron chi connectivity index (χ3n) is 2.87. The maximum atomic E-state index is 5.28. The van der Waals surface area contributed by atoms with Gasteiger partial charge in [0.25, 0.3) is 0 Å². The standard InChI is InChI=1S/C15H12N4S/c1-3-10-20-15-17-16-14-9-8-13(18-19(14)15)12-6-4-11(2)5-7-12/h1,4-9H,10H2,2H3. The first-order chi connectivity index (χ1) is 9.78. The number of nitrogens with zero attached hydrogens (tertiary/aromatic N) is 4. The fourth-order valence-electron chi connectivity index (χ4n) is 1.84. The van der Waals surface area contributed by atoms with Crippen molar-refractivity contribution in [1.29, 1.82) is 0 Å². The summed E-state index contributed by atoms with van der Waals surface area (Å²) < 4.78 is 1.73. The number of fused-ring (bicyclic) bond motifs is 1. The predicted octanol–water partition coefficient (Wildman–Crippen LogP) is 2.83. The number of thioether (sulfide) groups is 1. The summed E-state index contributed by atoms with van der Waals surface area (Å²) in [5, 5.41) is 13.5. The van der Waals surface area contributed by atoms with E-state index in [9.17, 15) is 0 Å². The fourth-order valence-corrected chi connectivity index (χ4v) is 2.41. The van der Waals surface area contributed by atoms with E-state index in [1.165, 1.54) is 17.3 Å². The van der Waals surface area contributed by atoms with Gasteiger partial charge in [-0.15, -0.1) is 16.6 Å². The third-order valence-corrected chi connectivity index (χ3v) is 3.69. The van der Waals surface area contributed by atoms with Gasteiger partial charge in [0, 0.05) is 5.56 Å². The lowest BCUT2D eigenvalue weighted by molar-refractivity contribution is 0.814. The van der Waals surface area contributed by atoms with Gasteiger partial charge in [-0.3, -0.25) is 0 Å². The zero-order valence-corrected chi connectivity index (χ0v) is 11.8. The van der Waals surface area contributed by atoms with Gasteiger partial charge in [-0.2, -0.15) is 9.61 Å². The van der Waals surface area contributed by atoms with Crippen LogP contribution in [0.5, 0.6) is 0 Å². The summed E-state index contributed by atoms with van der Waals surface area (Å²) in [4.78, 5) is 0. The van der Waals surface area contributed by atoms with Crippen LogP contribution >= 0.6 is 11.8 Å². The molecule has 0 radical (unpaired) electrons. The lowest BCUT2D eigenvalue weighted by Gasteiger charge is -2.03. The zero-order valence-electron chi connectivity index (χ0n) is 10.9. The van der Waals surface area contributed by atoms with Crippen LogP contribution in [0.1, 0.15) is 5.56 Å². The molecule has 1 aromatic carbocycles. The molecule has 3 aromatic rings. The molecule has 20 heavy (non-hydrogen) atoms. The Morgan fingerprint density at radius 3 is 2.70 bits per heavy atom. The van der Waals surface area contributed by atoms with Gasteiger partial charge in [0.15, 0.2) is 5.65 Å². The van der Waals surface area contributed by atoms with Gasteiger partial charge in [-0.25, -0.2) is 0 Å². The van der Waals surface area contributed by atoms with Crippen LogP contribution in [0.2, 0.25) is 0 Å². The highest BCUT2D eigenvalue weighted by atomic mass is 32.2. The van der Waals surface area contributed by atoms with Crippen LogP contribution in [-0.2, 0) is 0 Å².